The van der Waals surface area contributed by atoms with Crippen molar-refractivity contribution in [2.24, 2.45) is 0 Å². The summed E-state index contributed by atoms with van der Waals surface area (Å²) in [7, 11) is 0. The van der Waals surface area contributed by atoms with Crippen molar-refractivity contribution in [2.45, 2.75) is 12.5 Å². The van der Waals surface area contributed by atoms with Crippen LogP contribution in [0, 0.1) is 11.3 Å². The molecule has 2 aromatic rings. The molecule has 2 rings (SSSR count). The number of hydrogen-bond acceptors (Lipinski definition) is 4. The van der Waals surface area contributed by atoms with E-state index in [2.05, 4.69) is 5.32 Å². The second-order valence-electron chi connectivity index (χ2n) is 3.92. The molecule has 0 spiro atoms. The Hall–Kier alpha value is -2.16. The van der Waals surface area contributed by atoms with Crippen molar-refractivity contribution >= 4 is 22.9 Å². The number of hydrogen-bond donors (Lipinski definition) is 2. The summed E-state index contributed by atoms with van der Waals surface area (Å²) in [6.45, 7) is 0. The zero-order valence-electron chi connectivity index (χ0n) is 10.0. The monoisotopic (exact) mass is 272 g/mol. The van der Waals surface area contributed by atoms with E-state index in [1.165, 1.54) is 11.3 Å². The van der Waals surface area contributed by atoms with Gasteiger partial charge in [0.25, 0.3) is 0 Å². The molecule has 1 aromatic heterocycles. The molecule has 0 aliphatic carbocycles. The van der Waals surface area contributed by atoms with Crippen molar-refractivity contribution in [3.05, 3.63) is 52.2 Å². The van der Waals surface area contributed by atoms with Gasteiger partial charge in [-0.15, -0.1) is 11.3 Å². The first-order valence-electron chi connectivity index (χ1n) is 5.69. The van der Waals surface area contributed by atoms with Crippen molar-refractivity contribution in [3.8, 4) is 6.07 Å². The largest absolute Gasteiger partial charge is 0.383 e. The summed E-state index contributed by atoms with van der Waals surface area (Å²) in [5, 5.41) is 23.0. The highest BCUT2D eigenvalue weighted by atomic mass is 32.1. The minimum atomic E-state index is -0.649. The maximum Gasteiger partial charge on any atom is 0.238 e. The highest BCUT2D eigenvalue weighted by Gasteiger charge is 2.11. The number of aliphatic hydroxyl groups excluding tert-OH is 1. The Balaban J connectivity index is 2.06. The van der Waals surface area contributed by atoms with Gasteiger partial charge in [0.15, 0.2) is 0 Å². The van der Waals surface area contributed by atoms with Gasteiger partial charge in [0.2, 0.25) is 5.91 Å². The molecule has 0 aliphatic rings. The number of rotatable bonds is 4. The first-order valence-corrected chi connectivity index (χ1v) is 6.57. The lowest BCUT2D eigenvalue weighted by Crippen LogP contribution is -2.10. The third kappa shape index (κ3) is 3.41. The third-order valence-corrected chi connectivity index (χ3v) is 3.49. The van der Waals surface area contributed by atoms with Gasteiger partial charge in [-0.25, -0.2) is 0 Å². The summed E-state index contributed by atoms with van der Waals surface area (Å²) in [6.07, 6.45) is -0.816. The molecular weight excluding hydrogens is 260 g/mol. The van der Waals surface area contributed by atoms with Crippen LogP contribution >= 0.6 is 11.3 Å². The Morgan fingerprint density at radius 1 is 1.37 bits per heavy atom. The standard InChI is InChI=1S/C14H12N2O2S/c15-8-7-13(17)16-11-5-3-10(4-6-11)14(18)12-2-1-9-19-12/h1-6,9,14,18H,7H2,(H,16,17). The quantitative estimate of drug-likeness (QED) is 0.898. The van der Waals surface area contributed by atoms with Gasteiger partial charge in [0.05, 0.1) is 6.07 Å². The molecular formula is C14H12N2O2S. The van der Waals surface area contributed by atoms with E-state index in [1.807, 2.05) is 17.5 Å². The second-order valence-corrected chi connectivity index (χ2v) is 4.90. The normalized spacial score (nSPS) is 11.6. The van der Waals surface area contributed by atoms with Crippen LogP contribution in [0.1, 0.15) is 23.0 Å². The number of anilines is 1. The predicted octanol–water partition coefficient (Wildman–Crippen LogP) is 2.68. The summed E-state index contributed by atoms with van der Waals surface area (Å²) >= 11 is 1.49. The van der Waals surface area contributed by atoms with E-state index in [4.69, 9.17) is 5.26 Å². The van der Waals surface area contributed by atoms with Gasteiger partial charge in [0, 0.05) is 10.6 Å². The maximum atomic E-state index is 11.2. The van der Waals surface area contributed by atoms with E-state index in [0.29, 0.717) is 5.69 Å². The Kier molecular flexibility index (Phi) is 4.29. The van der Waals surface area contributed by atoms with Crippen molar-refractivity contribution in [1.29, 1.82) is 5.26 Å². The van der Waals surface area contributed by atoms with Crippen LogP contribution in [0.3, 0.4) is 0 Å². The fraction of sp³-hybridized carbons (Fsp3) is 0.143. The van der Waals surface area contributed by atoms with Crippen molar-refractivity contribution in [1.82, 2.24) is 0 Å². The van der Waals surface area contributed by atoms with Crippen LogP contribution in [-0.2, 0) is 4.79 Å². The molecule has 19 heavy (non-hydrogen) atoms. The van der Waals surface area contributed by atoms with Gasteiger partial charge < -0.3 is 10.4 Å². The molecule has 0 radical (unpaired) electrons. The van der Waals surface area contributed by atoms with Gasteiger partial charge in [-0.3, -0.25) is 4.79 Å². The Labute approximate surface area is 114 Å². The topological polar surface area (TPSA) is 73.1 Å². The number of nitrogens with zero attached hydrogens (tertiary/aromatic N) is 1. The van der Waals surface area contributed by atoms with Crippen LogP contribution in [0.25, 0.3) is 0 Å². The molecule has 2 N–H and O–H groups in total. The third-order valence-electron chi connectivity index (χ3n) is 2.56. The van der Waals surface area contributed by atoms with E-state index in [-0.39, 0.29) is 12.3 Å². The van der Waals surface area contributed by atoms with E-state index in [9.17, 15) is 9.90 Å². The smallest absolute Gasteiger partial charge is 0.238 e. The van der Waals surface area contributed by atoms with E-state index in [1.54, 1.807) is 30.3 Å². The zero-order chi connectivity index (χ0) is 13.7. The van der Waals surface area contributed by atoms with Gasteiger partial charge in [-0.2, -0.15) is 5.26 Å². The van der Waals surface area contributed by atoms with Crippen molar-refractivity contribution in [2.75, 3.05) is 5.32 Å². The molecule has 4 nitrogen and oxygen atoms in total. The lowest BCUT2D eigenvalue weighted by atomic mass is 10.1. The number of nitrogens with one attached hydrogen (secondary N) is 1. The Morgan fingerprint density at radius 2 is 2.11 bits per heavy atom. The number of aliphatic hydroxyl groups is 1. The van der Waals surface area contributed by atoms with Crippen LogP contribution in [-0.4, -0.2) is 11.0 Å². The highest BCUT2D eigenvalue weighted by molar-refractivity contribution is 7.10. The molecule has 1 amide bonds. The number of amides is 1. The van der Waals surface area contributed by atoms with Crippen molar-refractivity contribution in [3.63, 3.8) is 0 Å². The number of benzene rings is 1. The lowest BCUT2D eigenvalue weighted by Gasteiger charge is -2.10. The molecule has 1 atom stereocenters. The predicted molar refractivity (Wildman–Crippen MR) is 73.7 cm³/mol. The highest BCUT2D eigenvalue weighted by Crippen LogP contribution is 2.26. The average molecular weight is 272 g/mol. The Morgan fingerprint density at radius 3 is 2.68 bits per heavy atom. The maximum absolute atomic E-state index is 11.2. The average Bonchev–Trinajstić information content (AvgIpc) is 2.93. The summed E-state index contributed by atoms with van der Waals surface area (Å²) < 4.78 is 0. The van der Waals surface area contributed by atoms with Gasteiger partial charge in [0.1, 0.15) is 12.5 Å². The lowest BCUT2D eigenvalue weighted by molar-refractivity contribution is -0.115. The fourth-order valence-electron chi connectivity index (χ4n) is 1.64. The van der Waals surface area contributed by atoms with Crippen LogP contribution in [0.4, 0.5) is 5.69 Å². The molecule has 0 saturated carbocycles. The number of nitriles is 1. The first kappa shape index (κ1) is 13.3. The molecule has 0 saturated heterocycles. The molecule has 96 valence electrons. The molecule has 1 unspecified atom stereocenters. The summed E-state index contributed by atoms with van der Waals surface area (Å²) in [5.41, 5.74) is 1.38. The van der Waals surface area contributed by atoms with Crippen LogP contribution < -0.4 is 5.32 Å². The minimum absolute atomic E-state index is 0.167. The summed E-state index contributed by atoms with van der Waals surface area (Å²) in [6, 6.07) is 12.5. The first-order chi connectivity index (χ1) is 9.20. The van der Waals surface area contributed by atoms with Crippen LogP contribution in [0.5, 0.6) is 0 Å². The second kappa shape index (κ2) is 6.14. The van der Waals surface area contributed by atoms with E-state index < -0.39 is 6.10 Å². The minimum Gasteiger partial charge on any atom is -0.383 e. The Bertz CT molecular complexity index is 585. The van der Waals surface area contributed by atoms with Gasteiger partial charge in [-0.05, 0) is 29.1 Å². The molecule has 5 heteroatoms. The molecule has 1 aromatic carbocycles. The number of thiophene rings is 1. The van der Waals surface area contributed by atoms with Crippen LogP contribution in [0.2, 0.25) is 0 Å². The molecule has 0 fully saturated rings. The fourth-order valence-corrected chi connectivity index (χ4v) is 2.37. The SMILES string of the molecule is N#CCC(=O)Nc1ccc(C(O)c2cccs2)cc1. The number of carbonyl (C=O) groups excluding carboxylic acids is 1. The van der Waals surface area contributed by atoms with Gasteiger partial charge >= 0.3 is 0 Å². The summed E-state index contributed by atoms with van der Waals surface area (Å²) in [5.74, 6) is -0.339. The molecule has 0 bridgehead atoms. The van der Waals surface area contributed by atoms with Gasteiger partial charge in [-0.1, -0.05) is 18.2 Å². The zero-order valence-corrected chi connectivity index (χ0v) is 10.9. The van der Waals surface area contributed by atoms with E-state index >= 15 is 0 Å². The summed E-state index contributed by atoms with van der Waals surface area (Å²) in [4.78, 5) is 12.1. The van der Waals surface area contributed by atoms with Crippen molar-refractivity contribution < 1.29 is 9.90 Å². The number of carbonyl (C=O) groups is 1. The van der Waals surface area contributed by atoms with E-state index in [0.717, 1.165) is 10.4 Å². The molecule has 1 heterocycles. The molecule has 0 aliphatic heterocycles. The van der Waals surface area contributed by atoms with Crippen LogP contribution in [0.15, 0.2) is 41.8 Å².